The summed E-state index contributed by atoms with van der Waals surface area (Å²) < 4.78 is 5.79. The van der Waals surface area contributed by atoms with Crippen molar-refractivity contribution in [2.75, 3.05) is 46.9 Å². The van der Waals surface area contributed by atoms with E-state index in [1.807, 2.05) is 30.3 Å². The minimum atomic E-state index is -2.74. The van der Waals surface area contributed by atoms with Crippen LogP contribution in [0.15, 0.2) is 42.5 Å². The van der Waals surface area contributed by atoms with Gasteiger partial charge in [0, 0.05) is 19.6 Å². The molecule has 0 saturated carbocycles. The van der Waals surface area contributed by atoms with Gasteiger partial charge in [0.2, 0.25) is 0 Å². The molecule has 2 rings (SSSR count). The van der Waals surface area contributed by atoms with Crippen LogP contribution in [0.25, 0.3) is 0 Å². The second kappa shape index (κ2) is 21.3. The lowest BCUT2D eigenvalue weighted by molar-refractivity contribution is -0.170. The Morgan fingerprint density at radius 1 is 0.809 bits per heavy atom. The van der Waals surface area contributed by atoms with Crippen LogP contribution in [0, 0.1) is 5.92 Å². The smallest absolute Gasteiger partial charge is 0.336 e. The fourth-order valence-electron chi connectivity index (χ4n) is 4.15. The largest absolute Gasteiger partial charge is 0.492 e. The Balaban J connectivity index is 0.000000714. The average Bonchev–Trinajstić information content (AvgIpc) is 2.92. The number of carboxylic acids is 6. The molecule has 1 atom stereocenters. The first-order chi connectivity index (χ1) is 21.8. The number of likely N-dealkylation sites (N-methyl/N-ethyl adjacent to an activating group) is 1. The van der Waals surface area contributed by atoms with E-state index < -0.39 is 72.7 Å². The zero-order valence-electron chi connectivity index (χ0n) is 26.2. The maximum absolute atomic E-state index is 10.3. The number of hydrogen-bond donors (Lipinski definition) is 8. The van der Waals surface area contributed by atoms with Crippen LogP contribution in [0.5, 0.6) is 5.75 Å². The van der Waals surface area contributed by atoms with Crippen LogP contribution in [0.4, 0.5) is 0 Å². The molecule has 47 heavy (non-hydrogen) atoms. The minimum absolute atomic E-state index is 0.704. The van der Waals surface area contributed by atoms with E-state index in [2.05, 4.69) is 36.0 Å². The van der Waals surface area contributed by atoms with Crippen LogP contribution in [-0.4, -0.2) is 145 Å². The van der Waals surface area contributed by atoms with Gasteiger partial charge in [-0.3, -0.25) is 24.1 Å². The summed E-state index contributed by atoms with van der Waals surface area (Å²) in [5.74, 6) is -8.36. The number of carbonyl (C=O) groups is 6. The number of aliphatic hydroxyl groups is 2. The Kier molecular flexibility index (Phi) is 19.2. The van der Waals surface area contributed by atoms with E-state index in [0.29, 0.717) is 5.92 Å². The third-order valence-corrected chi connectivity index (χ3v) is 6.41. The van der Waals surface area contributed by atoms with Crippen molar-refractivity contribution in [3.63, 3.8) is 0 Å². The molecule has 0 aromatic heterocycles. The number of nitrogens with zero attached hydrogens (tertiary/aromatic N) is 2. The fraction of sp³-hybridized carbons (Fsp3) is 0.533. The number of hydrogen-bond acceptors (Lipinski definition) is 11. The highest BCUT2D eigenvalue weighted by molar-refractivity contribution is 5.88. The van der Waals surface area contributed by atoms with Crippen molar-refractivity contribution in [2.45, 2.75) is 49.7 Å². The van der Waals surface area contributed by atoms with E-state index in [-0.39, 0.29) is 0 Å². The SMILES string of the molecule is CN(C)CC=CC1CCCN(CCOc2ccccc2)C1.O=C(O)CC(O)(CC(=O)O)C(=O)O.O=C(O)CC(O)(CC(=O)O)C(=O)O. The van der Waals surface area contributed by atoms with Crippen molar-refractivity contribution in [1.82, 2.24) is 9.80 Å². The molecule has 1 aliphatic heterocycles. The highest BCUT2D eigenvalue weighted by Crippen LogP contribution is 2.18. The van der Waals surface area contributed by atoms with Crippen molar-refractivity contribution < 1.29 is 74.4 Å². The highest BCUT2D eigenvalue weighted by Gasteiger charge is 2.41. The van der Waals surface area contributed by atoms with Crippen LogP contribution in [0.2, 0.25) is 0 Å². The number of ether oxygens (including phenoxy) is 1. The molecule has 1 fully saturated rings. The van der Waals surface area contributed by atoms with E-state index in [4.69, 9.17) is 45.6 Å². The van der Waals surface area contributed by atoms with E-state index in [1.54, 1.807) is 0 Å². The van der Waals surface area contributed by atoms with Crippen molar-refractivity contribution in [3.8, 4) is 5.75 Å². The number of aliphatic carboxylic acids is 6. The topological polar surface area (TPSA) is 280 Å². The van der Waals surface area contributed by atoms with Gasteiger partial charge in [-0.25, -0.2) is 9.59 Å². The molecule has 1 aliphatic rings. The highest BCUT2D eigenvalue weighted by atomic mass is 16.5. The fourth-order valence-corrected chi connectivity index (χ4v) is 4.15. The zero-order chi connectivity index (χ0) is 36.2. The Morgan fingerprint density at radius 3 is 1.64 bits per heavy atom. The number of rotatable bonds is 17. The van der Waals surface area contributed by atoms with Crippen LogP contribution in [0.1, 0.15) is 38.5 Å². The number of likely N-dealkylation sites (tertiary alicyclic amines) is 1. The van der Waals surface area contributed by atoms with Crippen LogP contribution in [-0.2, 0) is 28.8 Å². The third kappa shape index (κ3) is 19.5. The number of piperidine rings is 1. The van der Waals surface area contributed by atoms with Gasteiger partial charge in [-0.1, -0.05) is 30.4 Å². The summed E-state index contributed by atoms with van der Waals surface area (Å²) in [6, 6.07) is 10.1. The van der Waals surface area contributed by atoms with Crippen LogP contribution >= 0.6 is 0 Å². The van der Waals surface area contributed by atoms with E-state index >= 15 is 0 Å². The first-order valence-electron chi connectivity index (χ1n) is 14.3. The lowest BCUT2D eigenvalue weighted by Gasteiger charge is -2.31. The molecular formula is C30H44N2O15. The van der Waals surface area contributed by atoms with Gasteiger partial charge in [0.05, 0.1) is 25.7 Å². The second-order valence-electron chi connectivity index (χ2n) is 11.0. The summed E-state index contributed by atoms with van der Waals surface area (Å²) in [5, 5.41) is 67.6. The maximum atomic E-state index is 10.3. The monoisotopic (exact) mass is 672 g/mol. The van der Waals surface area contributed by atoms with Crippen molar-refractivity contribution in [1.29, 1.82) is 0 Å². The lowest BCUT2D eigenvalue weighted by atomic mass is 9.96. The summed E-state index contributed by atoms with van der Waals surface area (Å²) in [4.78, 5) is 65.7. The van der Waals surface area contributed by atoms with E-state index in [1.165, 1.54) is 25.9 Å². The Labute approximate surface area is 270 Å². The predicted molar refractivity (Wildman–Crippen MR) is 163 cm³/mol. The molecule has 1 unspecified atom stereocenters. The molecule has 1 aromatic carbocycles. The molecule has 17 nitrogen and oxygen atoms in total. The number of carboxylic acid groups (broad SMARTS) is 6. The first-order valence-corrected chi connectivity index (χ1v) is 14.3. The maximum Gasteiger partial charge on any atom is 0.336 e. The van der Waals surface area contributed by atoms with Gasteiger partial charge < -0.3 is 50.5 Å². The predicted octanol–water partition coefficient (Wildman–Crippen LogP) is 0.398. The molecule has 0 amide bonds. The van der Waals surface area contributed by atoms with Crippen molar-refractivity contribution in [2.24, 2.45) is 5.92 Å². The molecule has 0 bridgehead atoms. The van der Waals surface area contributed by atoms with Gasteiger partial charge in [0.25, 0.3) is 0 Å². The molecule has 17 heteroatoms. The minimum Gasteiger partial charge on any atom is -0.492 e. The molecule has 0 radical (unpaired) electrons. The number of para-hydroxylation sites is 1. The molecule has 1 saturated heterocycles. The molecule has 1 heterocycles. The van der Waals surface area contributed by atoms with Gasteiger partial charge in [-0.2, -0.15) is 0 Å². The van der Waals surface area contributed by atoms with E-state index in [0.717, 1.165) is 25.4 Å². The normalized spacial score (nSPS) is 15.0. The summed E-state index contributed by atoms with van der Waals surface area (Å²) >= 11 is 0. The number of benzene rings is 1. The summed E-state index contributed by atoms with van der Waals surface area (Å²) in [7, 11) is 4.22. The Hall–Kier alpha value is -4.58. The second-order valence-corrected chi connectivity index (χ2v) is 11.0. The van der Waals surface area contributed by atoms with Crippen LogP contribution < -0.4 is 4.74 Å². The van der Waals surface area contributed by atoms with Crippen molar-refractivity contribution in [3.05, 3.63) is 42.5 Å². The first kappa shape index (κ1) is 42.4. The molecule has 1 aromatic rings. The van der Waals surface area contributed by atoms with E-state index in [9.17, 15) is 28.8 Å². The third-order valence-electron chi connectivity index (χ3n) is 6.41. The average molecular weight is 673 g/mol. The zero-order valence-corrected chi connectivity index (χ0v) is 26.2. The van der Waals surface area contributed by atoms with Crippen molar-refractivity contribution >= 4 is 35.8 Å². The molecule has 264 valence electrons. The summed E-state index contributed by atoms with van der Waals surface area (Å²) in [5.41, 5.74) is -5.48. The lowest BCUT2D eigenvalue weighted by Crippen LogP contribution is -2.42. The van der Waals surface area contributed by atoms with Crippen LogP contribution in [0.3, 0.4) is 0 Å². The standard InChI is InChI=1S/C18H28N2O.2C6H8O7/c1-19(2)12-6-8-17-9-7-13-20(16-17)14-15-21-18-10-4-3-5-11-18;2*7-3(8)1-6(13,5(11)12)2-4(9)10/h3-6,8,10-11,17H,7,9,12-16H2,1-2H3;2*13H,1-2H2,(H,7,8)(H,9,10)(H,11,12). The van der Waals surface area contributed by atoms with Gasteiger partial charge in [0.1, 0.15) is 12.4 Å². The summed E-state index contributed by atoms with van der Waals surface area (Å²) in [6.07, 6.45) is 2.73. The molecule has 8 N–H and O–H groups in total. The summed E-state index contributed by atoms with van der Waals surface area (Å²) in [6.45, 7) is 5.21. The Bertz CT molecular complexity index is 1120. The van der Waals surface area contributed by atoms with Gasteiger partial charge in [0.15, 0.2) is 11.2 Å². The Morgan fingerprint density at radius 2 is 1.26 bits per heavy atom. The quantitative estimate of drug-likeness (QED) is 0.104. The van der Waals surface area contributed by atoms with Gasteiger partial charge in [-0.15, -0.1) is 0 Å². The molecule has 0 aliphatic carbocycles. The van der Waals surface area contributed by atoms with Gasteiger partial charge in [-0.05, 0) is 51.5 Å². The van der Waals surface area contributed by atoms with Gasteiger partial charge >= 0.3 is 35.8 Å². The molecule has 0 spiro atoms. The molecular weight excluding hydrogens is 628 g/mol.